The summed E-state index contributed by atoms with van der Waals surface area (Å²) in [5.41, 5.74) is 0.415. The van der Waals surface area contributed by atoms with E-state index in [0.717, 1.165) is 4.90 Å². The lowest BCUT2D eigenvalue weighted by Crippen LogP contribution is -2.50. The highest BCUT2D eigenvalue weighted by Gasteiger charge is 2.31. The maximum Gasteiger partial charge on any atom is 0.408 e. The number of carbonyl (C=O) groups excluding carboxylic acids is 1. The van der Waals surface area contributed by atoms with E-state index in [2.05, 4.69) is 10.1 Å². The lowest BCUT2D eigenvalue weighted by Gasteiger charge is -2.34. The molecule has 2 heterocycles. The number of amides is 2. The van der Waals surface area contributed by atoms with Crippen molar-refractivity contribution < 1.29 is 14.7 Å². The Bertz CT molecular complexity index is 785. The summed E-state index contributed by atoms with van der Waals surface area (Å²) in [7, 11) is 0. The van der Waals surface area contributed by atoms with Gasteiger partial charge in [-0.15, -0.1) is 0 Å². The van der Waals surface area contributed by atoms with Crippen LogP contribution in [0.3, 0.4) is 0 Å². The van der Waals surface area contributed by atoms with Gasteiger partial charge in [-0.1, -0.05) is 11.6 Å². The molecule has 26 heavy (non-hydrogen) atoms. The lowest BCUT2D eigenvalue weighted by atomic mass is 10.1. The molecule has 8 nitrogen and oxygen atoms in total. The van der Waals surface area contributed by atoms with Gasteiger partial charge in [-0.2, -0.15) is 5.10 Å². The predicted octanol–water partition coefficient (Wildman–Crippen LogP) is 3.05. The molecule has 0 unspecified atom stereocenters. The van der Waals surface area contributed by atoms with E-state index in [1.165, 1.54) is 9.58 Å². The van der Waals surface area contributed by atoms with Gasteiger partial charge in [0.05, 0.1) is 18.1 Å². The monoisotopic (exact) mass is 379 g/mol. The van der Waals surface area contributed by atoms with Gasteiger partial charge in [-0.3, -0.25) is 14.7 Å². The highest BCUT2D eigenvalue weighted by Crippen LogP contribution is 2.26. The second-order valence-corrected chi connectivity index (χ2v) is 7.00. The van der Waals surface area contributed by atoms with Crippen molar-refractivity contribution in [3.63, 3.8) is 0 Å². The van der Waals surface area contributed by atoms with E-state index in [-0.39, 0.29) is 17.6 Å². The molecule has 0 aliphatic rings. The molecule has 140 valence electrons. The molecule has 2 rings (SSSR count). The van der Waals surface area contributed by atoms with Crippen LogP contribution in [0.4, 0.5) is 10.5 Å². The number of aromatic nitrogens is 3. The molecule has 0 radical (unpaired) electrons. The predicted molar refractivity (Wildman–Crippen MR) is 98.9 cm³/mol. The molecular formula is C17H22ClN5O3. The summed E-state index contributed by atoms with van der Waals surface area (Å²) in [6, 6.07) is 3.57. The first-order chi connectivity index (χ1) is 12.1. The summed E-state index contributed by atoms with van der Waals surface area (Å²) in [5.74, 6) is -0.377. The molecular weight excluding hydrogens is 358 g/mol. The van der Waals surface area contributed by atoms with Gasteiger partial charge in [-0.05, 0) is 39.8 Å². The molecule has 0 fully saturated rings. The number of likely N-dealkylation sites (N-methyl/N-ethyl adjacent to an activating group) is 1. The Hall–Kier alpha value is -2.61. The van der Waals surface area contributed by atoms with Crippen molar-refractivity contribution in [2.45, 2.75) is 33.2 Å². The quantitative estimate of drug-likeness (QED) is 0.861. The molecule has 1 N–H and O–H groups in total. The maximum absolute atomic E-state index is 12.7. The van der Waals surface area contributed by atoms with E-state index in [9.17, 15) is 14.7 Å². The Labute approximate surface area is 157 Å². The third kappa shape index (κ3) is 4.32. The van der Waals surface area contributed by atoms with Gasteiger partial charge in [-0.25, -0.2) is 9.48 Å². The SMILES string of the molecule is CCN(C(=O)CN(C(=O)O)C(C)(C)C)c1cn(-c2cccnc2)nc1Cl. The molecule has 0 aliphatic heterocycles. The Balaban J connectivity index is 2.29. The second-order valence-electron chi connectivity index (χ2n) is 6.64. The van der Waals surface area contributed by atoms with Crippen LogP contribution in [0.15, 0.2) is 30.7 Å². The Morgan fingerprint density at radius 2 is 2.04 bits per heavy atom. The van der Waals surface area contributed by atoms with Crippen LogP contribution in [0.2, 0.25) is 5.15 Å². The molecule has 2 amide bonds. The Morgan fingerprint density at radius 1 is 1.35 bits per heavy atom. The van der Waals surface area contributed by atoms with E-state index in [1.807, 2.05) is 6.07 Å². The fraction of sp³-hybridized carbons (Fsp3) is 0.412. The fourth-order valence-electron chi connectivity index (χ4n) is 2.44. The zero-order valence-corrected chi connectivity index (χ0v) is 15.9. The van der Waals surface area contributed by atoms with Crippen LogP contribution >= 0.6 is 11.6 Å². The minimum Gasteiger partial charge on any atom is -0.465 e. The topological polar surface area (TPSA) is 91.6 Å². The van der Waals surface area contributed by atoms with Gasteiger partial charge in [0, 0.05) is 18.3 Å². The van der Waals surface area contributed by atoms with Gasteiger partial charge in [0.2, 0.25) is 5.91 Å². The fourth-order valence-corrected chi connectivity index (χ4v) is 2.67. The van der Waals surface area contributed by atoms with Crippen LogP contribution < -0.4 is 4.90 Å². The number of rotatable bonds is 5. The van der Waals surface area contributed by atoms with Crippen LogP contribution in [-0.4, -0.2) is 55.4 Å². The summed E-state index contributed by atoms with van der Waals surface area (Å²) in [6.45, 7) is 7.04. The van der Waals surface area contributed by atoms with Crippen LogP contribution in [0, 0.1) is 0 Å². The van der Waals surface area contributed by atoms with Crippen molar-refractivity contribution in [3.05, 3.63) is 35.9 Å². The molecule has 0 bridgehead atoms. The first-order valence-corrected chi connectivity index (χ1v) is 8.49. The van der Waals surface area contributed by atoms with Crippen molar-refractivity contribution in [3.8, 4) is 5.69 Å². The molecule has 0 spiro atoms. The summed E-state index contributed by atoms with van der Waals surface area (Å²) >= 11 is 6.23. The molecule has 9 heteroatoms. The van der Waals surface area contributed by atoms with Crippen molar-refractivity contribution >= 4 is 29.3 Å². The van der Waals surface area contributed by atoms with E-state index in [0.29, 0.717) is 17.9 Å². The molecule has 2 aromatic heterocycles. The number of hydrogen-bond donors (Lipinski definition) is 1. The average molecular weight is 380 g/mol. The molecule has 0 saturated carbocycles. The van der Waals surface area contributed by atoms with Crippen molar-refractivity contribution in [1.82, 2.24) is 19.7 Å². The smallest absolute Gasteiger partial charge is 0.408 e. The number of pyridine rings is 1. The molecule has 0 atom stereocenters. The zero-order chi connectivity index (χ0) is 19.5. The summed E-state index contributed by atoms with van der Waals surface area (Å²) in [4.78, 5) is 30.8. The average Bonchev–Trinajstić information content (AvgIpc) is 2.94. The molecule has 0 aromatic carbocycles. The van der Waals surface area contributed by atoms with Crippen LogP contribution in [0.5, 0.6) is 0 Å². The first kappa shape index (κ1) is 19.7. The first-order valence-electron chi connectivity index (χ1n) is 8.11. The van der Waals surface area contributed by atoms with Gasteiger partial charge >= 0.3 is 6.09 Å². The molecule has 0 saturated heterocycles. The van der Waals surface area contributed by atoms with Gasteiger partial charge < -0.3 is 10.0 Å². The van der Waals surface area contributed by atoms with Crippen molar-refractivity contribution in [1.29, 1.82) is 0 Å². The summed E-state index contributed by atoms with van der Waals surface area (Å²) in [5, 5.41) is 13.8. The zero-order valence-electron chi connectivity index (χ0n) is 15.2. The van der Waals surface area contributed by atoms with E-state index >= 15 is 0 Å². The standard InChI is InChI=1S/C17H22ClN5O3/c1-5-21(14(24)11-22(16(25)26)17(2,3)4)13-10-23(20-15(13)18)12-7-6-8-19-9-12/h6-10H,5,11H2,1-4H3,(H,25,26). The minimum absolute atomic E-state index is 0.154. The van der Waals surface area contributed by atoms with Gasteiger partial charge in [0.1, 0.15) is 12.2 Å². The minimum atomic E-state index is -1.15. The second kappa shape index (κ2) is 7.74. The van der Waals surface area contributed by atoms with Crippen molar-refractivity contribution in [2.24, 2.45) is 0 Å². The van der Waals surface area contributed by atoms with E-state index in [4.69, 9.17) is 11.6 Å². The number of halogens is 1. The summed E-state index contributed by atoms with van der Waals surface area (Å²) in [6.07, 6.45) is 3.74. The number of carbonyl (C=O) groups is 2. The van der Waals surface area contributed by atoms with Crippen LogP contribution in [0.25, 0.3) is 5.69 Å². The van der Waals surface area contributed by atoms with Gasteiger partial charge in [0.15, 0.2) is 5.15 Å². The lowest BCUT2D eigenvalue weighted by molar-refractivity contribution is -0.120. The van der Waals surface area contributed by atoms with Crippen LogP contribution in [-0.2, 0) is 4.79 Å². The van der Waals surface area contributed by atoms with Crippen molar-refractivity contribution in [2.75, 3.05) is 18.0 Å². The number of hydrogen-bond acceptors (Lipinski definition) is 4. The number of anilines is 1. The summed E-state index contributed by atoms with van der Waals surface area (Å²) < 4.78 is 1.53. The maximum atomic E-state index is 12.7. The molecule has 0 aliphatic carbocycles. The third-order valence-electron chi connectivity index (χ3n) is 3.80. The highest BCUT2D eigenvalue weighted by molar-refractivity contribution is 6.32. The number of nitrogens with zero attached hydrogens (tertiary/aromatic N) is 5. The van der Waals surface area contributed by atoms with E-state index < -0.39 is 11.6 Å². The number of carboxylic acid groups (broad SMARTS) is 1. The van der Waals surface area contributed by atoms with E-state index in [1.54, 1.807) is 52.4 Å². The van der Waals surface area contributed by atoms with Gasteiger partial charge in [0.25, 0.3) is 0 Å². The normalized spacial score (nSPS) is 11.3. The third-order valence-corrected chi connectivity index (χ3v) is 4.07. The Kier molecular flexibility index (Phi) is 5.86. The highest BCUT2D eigenvalue weighted by atomic mass is 35.5. The Morgan fingerprint density at radius 3 is 2.54 bits per heavy atom. The molecule has 2 aromatic rings. The van der Waals surface area contributed by atoms with Crippen LogP contribution in [0.1, 0.15) is 27.7 Å². The largest absolute Gasteiger partial charge is 0.465 e.